The van der Waals surface area contributed by atoms with Crippen molar-refractivity contribution >= 4 is 6.08 Å². The fourth-order valence-electron chi connectivity index (χ4n) is 2.37. The second-order valence-electron chi connectivity index (χ2n) is 6.47. The Labute approximate surface area is 171 Å². The van der Waals surface area contributed by atoms with Gasteiger partial charge in [0.1, 0.15) is 11.6 Å². The summed E-state index contributed by atoms with van der Waals surface area (Å²) in [6, 6.07) is 9.45. The zero-order valence-corrected chi connectivity index (χ0v) is 18.6. The van der Waals surface area contributed by atoms with E-state index in [0.29, 0.717) is 5.56 Å². The third kappa shape index (κ3) is 9.12. The van der Waals surface area contributed by atoms with Gasteiger partial charge in [0, 0.05) is 11.6 Å². The Balaban J connectivity index is 0.00000133. The standard InChI is InChI=1S/C21H22F2.C3H8.C2H6/c1-4-5-6-15(2)7-9-17-13-18(10-8-16(17)3)20-12-11-19(22)14-21(20)23;1-3-2;1-2/h6-14H,4-5H2,1-3H3;3H2,1-2H3;1-2H3/b9-7-,15-6+;;. The van der Waals surface area contributed by atoms with Crippen molar-refractivity contribution in [2.24, 2.45) is 0 Å². The molecule has 154 valence electrons. The van der Waals surface area contributed by atoms with Gasteiger partial charge in [-0.2, -0.15) is 0 Å². The van der Waals surface area contributed by atoms with Crippen molar-refractivity contribution in [2.45, 2.75) is 67.7 Å². The highest BCUT2D eigenvalue weighted by atomic mass is 19.1. The minimum atomic E-state index is -0.560. The predicted molar refractivity (Wildman–Crippen MR) is 122 cm³/mol. The van der Waals surface area contributed by atoms with E-state index in [2.05, 4.69) is 39.8 Å². The molecule has 0 radical (unpaired) electrons. The molecule has 2 aromatic rings. The van der Waals surface area contributed by atoms with Crippen LogP contribution in [0.2, 0.25) is 0 Å². The lowest BCUT2D eigenvalue weighted by Crippen LogP contribution is -1.89. The number of aryl methyl sites for hydroxylation is 1. The summed E-state index contributed by atoms with van der Waals surface area (Å²) >= 11 is 0. The molecule has 0 aromatic heterocycles. The van der Waals surface area contributed by atoms with Crippen LogP contribution in [0, 0.1) is 18.6 Å². The first-order valence-electron chi connectivity index (χ1n) is 10.3. The number of halogens is 2. The third-order valence-electron chi connectivity index (χ3n) is 3.80. The van der Waals surface area contributed by atoms with Crippen LogP contribution in [0.3, 0.4) is 0 Å². The van der Waals surface area contributed by atoms with Crippen molar-refractivity contribution < 1.29 is 8.78 Å². The fourth-order valence-corrected chi connectivity index (χ4v) is 2.37. The first-order valence-corrected chi connectivity index (χ1v) is 10.3. The molecule has 0 bridgehead atoms. The molecule has 0 unspecified atom stereocenters. The van der Waals surface area contributed by atoms with Gasteiger partial charge < -0.3 is 0 Å². The maximum atomic E-state index is 14.0. The second kappa shape index (κ2) is 14.8. The molecule has 2 aromatic carbocycles. The highest BCUT2D eigenvalue weighted by Gasteiger charge is 2.07. The number of hydrogen-bond acceptors (Lipinski definition) is 0. The number of hydrogen-bond donors (Lipinski definition) is 0. The van der Waals surface area contributed by atoms with Gasteiger partial charge in [-0.05, 0) is 55.2 Å². The van der Waals surface area contributed by atoms with Crippen LogP contribution in [0.25, 0.3) is 17.2 Å². The Morgan fingerprint density at radius 2 is 1.61 bits per heavy atom. The first kappa shape index (κ1) is 25.8. The highest BCUT2D eigenvalue weighted by molar-refractivity contribution is 5.70. The van der Waals surface area contributed by atoms with E-state index in [1.807, 2.05) is 45.0 Å². The molecule has 0 saturated heterocycles. The third-order valence-corrected chi connectivity index (χ3v) is 3.80. The van der Waals surface area contributed by atoms with Gasteiger partial charge in [-0.1, -0.05) is 83.4 Å². The molecule has 0 saturated carbocycles. The second-order valence-corrected chi connectivity index (χ2v) is 6.47. The van der Waals surface area contributed by atoms with Gasteiger partial charge in [0.15, 0.2) is 0 Å². The normalized spacial score (nSPS) is 10.8. The number of rotatable bonds is 5. The monoisotopic (exact) mass is 386 g/mol. The van der Waals surface area contributed by atoms with Gasteiger partial charge >= 0.3 is 0 Å². The van der Waals surface area contributed by atoms with Crippen LogP contribution in [0.15, 0.2) is 54.1 Å². The lowest BCUT2D eigenvalue weighted by atomic mass is 9.98. The summed E-state index contributed by atoms with van der Waals surface area (Å²) in [5.74, 6) is -1.10. The molecule has 0 spiro atoms. The molecule has 28 heavy (non-hydrogen) atoms. The zero-order chi connectivity index (χ0) is 21.5. The molecule has 0 aliphatic carbocycles. The average molecular weight is 387 g/mol. The summed E-state index contributed by atoms with van der Waals surface area (Å²) in [5.41, 5.74) is 4.54. The van der Waals surface area contributed by atoms with Crippen LogP contribution >= 0.6 is 0 Å². The lowest BCUT2D eigenvalue weighted by molar-refractivity contribution is 0.585. The van der Waals surface area contributed by atoms with Gasteiger partial charge in [0.2, 0.25) is 0 Å². The molecule has 0 heterocycles. The van der Waals surface area contributed by atoms with E-state index in [0.717, 1.165) is 35.6 Å². The van der Waals surface area contributed by atoms with E-state index < -0.39 is 11.6 Å². The highest BCUT2D eigenvalue weighted by Crippen LogP contribution is 2.26. The van der Waals surface area contributed by atoms with Crippen molar-refractivity contribution in [2.75, 3.05) is 0 Å². The molecule has 2 heteroatoms. The molecule has 2 rings (SSSR count). The van der Waals surface area contributed by atoms with Crippen LogP contribution < -0.4 is 0 Å². The lowest BCUT2D eigenvalue weighted by Gasteiger charge is -2.07. The number of allylic oxidation sites excluding steroid dienone is 3. The van der Waals surface area contributed by atoms with Gasteiger partial charge in [0.25, 0.3) is 0 Å². The van der Waals surface area contributed by atoms with Crippen LogP contribution in [0.5, 0.6) is 0 Å². The Morgan fingerprint density at radius 3 is 2.18 bits per heavy atom. The van der Waals surface area contributed by atoms with E-state index >= 15 is 0 Å². The minimum absolute atomic E-state index is 0.416. The van der Waals surface area contributed by atoms with E-state index in [4.69, 9.17) is 0 Å². The summed E-state index contributed by atoms with van der Waals surface area (Å²) in [7, 11) is 0. The average Bonchev–Trinajstić information content (AvgIpc) is 2.68. The first-order chi connectivity index (χ1) is 13.4. The van der Waals surface area contributed by atoms with E-state index in [1.54, 1.807) is 0 Å². The van der Waals surface area contributed by atoms with Crippen LogP contribution in [-0.2, 0) is 0 Å². The Bertz CT molecular complexity index is 755. The quantitative estimate of drug-likeness (QED) is 0.449. The maximum absolute atomic E-state index is 14.0. The molecule has 0 nitrogen and oxygen atoms in total. The fraction of sp³-hybridized carbons (Fsp3) is 0.385. The molecule has 0 amide bonds. The largest absolute Gasteiger partial charge is 0.207 e. The Kier molecular flexibility index (Phi) is 13.6. The number of unbranched alkanes of at least 4 members (excludes halogenated alkanes) is 1. The minimum Gasteiger partial charge on any atom is -0.207 e. The molecule has 0 fully saturated rings. The molecular formula is C26H36F2. The Morgan fingerprint density at radius 1 is 0.964 bits per heavy atom. The Hall–Kier alpha value is -2.22. The van der Waals surface area contributed by atoms with Crippen molar-refractivity contribution in [3.05, 3.63) is 76.9 Å². The van der Waals surface area contributed by atoms with Crippen LogP contribution in [-0.4, -0.2) is 0 Å². The van der Waals surface area contributed by atoms with E-state index in [1.165, 1.54) is 24.1 Å². The molecular weight excluding hydrogens is 350 g/mol. The maximum Gasteiger partial charge on any atom is 0.133 e. The smallest absolute Gasteiger partial charge is 0.133 e. The summed E-state index contributed by atoms with van der Waals surface area (Å²) in [5, 5.41) is 0. The van der Waals surface area contributed by atoms with Gasteiger partial charge in [-0.3, -0.25) is 0 Å². The SMILES string of the molecule is CC.CCC.CCC/C=C(C)/C=C\c1cc(-c2ccc(F)cc2F)ccc1C. The van der Waals surface area contributed by atoms with Crippen molar-refractivity contribution in [1.82, 2.24) is 0 Å². The zero-order valence-electron chi connectivity index (χ0n) is 18.6. The van der Waals surface area contributed by atoms with Gasteiger partial charge in [-0.15, -0.1) is 0 Å². The van der Waals surface area contributed by atoms with Crippen LogP contribution in [0.4, 0.5) is 8.78 Å². The summed E-state index contributed by atoms with van der Waals surface area (Å²) in [4.78, 5) is 0. The van der Waals surface area contributed by atoms with Gasteiger partial charge in [-0.25, -0.2) is 8.78 Å². The topological polar surface area (TPSA) is 0 Å². The molecule has 0 atom stereocenters. The van der Waals surface area contributed by atoms with E-state index in [-0.39, 0.29) is 0 Å². The van der Waals surface area contributed by atoms with Crippen molar-refractivity contribution in [3.8, 4) is 11.1 Å². The van der Waals surface area contributed by atoms with Gasteiger partial charge in [0.05, 0.1) is 0 Å². The summed E-state index contributed by atoms with van der Waals surface area (Å²) in [6.07, 6.45) is 9.76. The predicted octanol–water partition coefficient (Wildman–Crippen LogP) is 9.14. The van der Waals surface area contributed by atoms with Crippen LogP contribution in [0.1, 0.15) is 71.9 Å². The molecule has 0 aliphatic heterocycles. The summed E-state index contributed by atoms with van der Waals surface area (Å²) < 4.78 is 27.0. The number of benzene rings is 2. The molecule has 0 aliphatic rings. The summed E-state index contributed by atoms with van der Waals surface area (Å²) in [6.45, 7) is 14.5. The van der Waals surface area contributed by atoms with Crippen molar-refractivity contribution in [1.29, 1.82) is 0 Å². The van der Waals surface area contributed by atoms with E-state index in [9.17, 15) is 8.78 Å². The van der Waals surface area contributed by atoms with Crippen molar-refractivity contribution in [3.63, 3.8) is 0 Å². The molecule has 0 N–H and O–H groups in total.